The highest BCUT2D eigenvalue weighted by atomic mass is 16.1. The molecule has 0 aliphatic heterocycles. The predicted molar refractivity (Wildman–Crippen MR) is 59.5 cm³/mol. The summed E-state index contributed by atoms with van der Waals surface area (Å²) >= 11 is 0. The summed E-state index contributed by atoms with van der Waals surface area (Å²) in [4.78, 5) is 13.9. The second-order valence-electron chi connectivity index (χ2n) is 3.39. The zero-order valence-corrected chi connectivity index (χ0v) is 8.29. The molecule has 16 heavy (non-hydrogen) atoms. The number of para-hydroxylation sites is 1. The minimum atomic E-state index is -0.155. The molecule has 2 heterocycles. The van der Waals surface area contributed by atoms with E-state index in [4.69, 9.17) is 0 Å². The summed E-state index contributed by atoms with van der Waals surface area (Å²) in [7, 11) is 0. The number of nitrogens with one attached hydrogen (secondary N) is 1. The van der Waals surface area contributed by atoms with Gasteiger partial charge in [0.15, 0.2) is 0 Å². The summed E-state index contributed by atoms with van der Waals surface area (Å²) in [5.41, 5.74) is 1.51. The Balaban J connectivity index is 2.30. The Bertz CT molecular complexity index is 698. The van der Waals surface area contributed by atoms with Gasteiger partial charge in [0.1, 0.15) is 11.3 Å². The number of aromatic amines is 1. The molecule has 0 aliphatic carbocycles. The quantitative estimate of drug-likeness (QED) is 0.657. The third-order valence-corrected chi connectivity index (χ3v) is 2.33. The molecule has 0 spiro atoms. The fourth-order valence-electron chi connectivity index (χ4n) is 1.61. The fourth-order valence-corrected chi connectivity index (χ4v) is 1.61. The molecule has 0 atom stereocenters. The van der Waals surface area contributed by atoms with Crippen molar-refractivity contribution in [3.8, 4) is 5.82 Å². The van der Waals surface area contributed by atoms with Crippen LogP contribution in [-0.2, 0) is 0 Å². The number of nitrogens with zero attached hydrogens (tertiary/aromatic N) is 3. The van der Waals surface area contributed by atoms with Gasteiger partial charge in [-0.05, 0) is 18.2 Å². The average Bonchev–Trinajstić information content (AvgIpc) is 2.72. The summed E-state index contributed by atoms with van der Waals surface area (Å²) in [5, 5.41) is 8.02. The summed E-state index contributed by atoms with van der Waals surface area (Å²) < 4.78 is 1.61. The van der Waals surface area contributed by atoms with Crippen molar-refractivity contribution < 1.29 is 0 Å². The summed E-state index contributed by atoms with van der Waals surface area (Å²) in [5.74, 6) is 0.612. The van der Waals surface area contributed by atoms with Crippen molar-refractivity contribution in [2.75, 3.05) is 0 Å². The van der Waals surface area contributed by atoms with E-state index in [1.54, 1.807) is 16.8 Å². The molecule has 5 nitrogen and oxygen atoms in total. The maximum Gasteiger partial charge on any atom is 0.249 e. The molecule has 3 rings (SSSR count). The van der Waals surface area contributed by atoms with Crippen LogP contribution in [0.25, 0.3) is 16.9 Å². The van der Waals surface area contributed by atoms with Crippen LogP contribution in [0.15, 0.2) is 47.3 Å². The highest BCUT2D eigenvalue weighted by Gasteiger charge is 2.05. The lowest BCUT2D eigenvalue weighted by atomic mass is 10.3. The maximum absolute atomic E-state index is 11.2. The molecule has 78 valence electrons. The fraction of sp³-hybridized carbons (Fsp3) is 0. The lowest BCUT2D eigenvalue weighted by molar-refractivity contribution is 0.798. The Labute approximate surface area is 90.3 Å². The molecule has 0 aliphatic rings. The lowest BCUT2D eigenvalue weighted by Gasteiger charge is -2.00. The van der Waals surface area contributed by atoms with Gasteiger partial charge in [-0.25, -0.2) is 0 Å². The van der Waals surface area contributed by atoms with Gasteiger partial charge < -0.3 is 4.98 Å². The van der Waals surface area contributed by atoms with Crippen molar-refractivity contribution in [2.45, 2.75) is 0 Å². The average molecular weight is 212 g/mol. The van der Waals surface area contributed by atoms with Crippen LogP contribution in [-0.4, -0.2) is 20.0 Å². The largest absolute Gasteiger partial charge is 0.307 e. The number of benzene rings is 1. The van der Waals surface area contributed by atoms with Crippen LogP contribution in [0.1, 0.15) is 0 Å². The second-order valence-corrected chi connectivity index (χ2v) is 3.39. The van der Waals surface area contributed by atoms with Gasteiger partial charge >= 0.3 is 0 Å². The number of hydrogen-bond acceptors (Lipinski definition) is 3. The third kappa shape index (κ3) is 1.30. The topological polar surface area (TPSA) is 63.6 Å². The zero-order valence-electron chi connectivity index (χ0n) is 8.29. The van der Waals surface area contributed by atoms with E-state index >= 15 is 0 Å². The highest BCUT2D eigenvalue weighted by Crippen LogP contribution is 2.12. The Morgan fingerprint density at radius 3 is 2.81 bits per heavy atom. The van der Waals surface area contributed by atoms with E-state index in [1.807, 2.05) is 24.3 Å². The van der Waals surface area contributed by atoms with E-state index in [0.29, 0.717) is 5.82 Å². The van der Waals surface area contributed by atoms with Gasteiger partial charge in [0.2, 0.25) is 5.56 Å². The minimum absolute atomic E-state index is 0.155. The van der Waals surface area contributed by atoms with Crippen molar-refractivity contribution in [3.63, 3.8) is 0 Å². The van der Waals surface area contributed by atoms with E-state index in [2.05, 4.69) is 15.3 Å². The van der Waals surface area contributed by atoms with Crippen LogP contribution >= 0.6 is 0 Å². The molecule has 1 N–H and O–H groups in total. The van der Waals surface area contributed by atoms with E-state index in [0.717, 1.165) is 11.0 Å². The van der Waals surface area contributed by atoms with Crippen molar-refractivity contribution in [2.24, 2.45) is 0 Å². The Hall–Kier alpha value is -2.43. The van der Waals surface area contributed by atoms with E-state index in [1.165, 1.54) is 6.07 Å². The van der Waals surface area contributed by atoms with Crippen molar-refractivity contribution in [3.05, 3.63) is 52.8 Å². The highest BCUT2D eigenvalue weighted by molar-refractivity contribution is 5.75. The summed E-state index contributed by atoms with van der Waals surface area (Å²) in [6.07, 6.45) is 0. The lowest BCUT2D eigenvalue weighted by Crippen LogP contribution is -2.09. The first-order chi connectivity index (χ1) is 7.84. The van der Waals surface area contributed by atoms with Crippen LogP contribution in [0.5, 0.6) is 0 Å². The number of aromatic nitrogens is 4. The standard InChI is InChI=1S/C11H8N4O/c16-11-7-3-6-10(12-11)15-9-5-2-1-4-8(9)13-14-15/h1-7H,(H,12,16). The van der Waals surface area contributed by atoms with Gasteiger partial charge in [-0.1, -0.05) is 23.4 Å². The molecular formula is C11H8N4O. The monoisotopic (exact) mass is 212 g/mol. The molecule has 0 saturated carbocycles. The van der Waals surface area contributed by atoms with Crippen LogP contribution in [0.3, 0.4) is 0 Å². The smallest absolute Gasteiger partial charge is 0.249 e. The van der Waals surface area contributed by atoms with Crippen molar-refractivity contribution in [1.29, 1.82) is 0 Å². The van der Waals surface area contributed by atoms with Crippen molar-refractivity contribution in [1.82, 2.24) is 20.0 Å². The third-order valence-electron chi connectivity index (χ3n) is 2.33. The van der Waals surface area contributed by atoms with Gasteiger partial charge in [-0.15, -0.1) is 5.10 Å². The van der Waals surface area contributed by atoms with Crippen LogP contribution in [0.4, 0.5) is 0 Å². The molecule has 0 bridgehead atoms. The first-order valence-corrected chi connectivity index (χ1v) is 4.85. The second kappa shape index (κ2) is 3.30. The molecule has 1 aromatic carbocycles. The van der Waals surface area contributed by atoms with Crippen LogP contribution < -0.4 is 5.56 Å². The number of rotatable bonds is 1. The number of hydrogen-bond donors (Lipinski definition) is 1. The summed E-state index contributed by atoms with van der Waals surface area (Å²) in [6.45, 7) is 0. The molecule has 5 heteroatoms. The normalized spacial score (nSPS) is 10.8. The molecule has 0 fully saturated rings. The first kappa shape index (κ1) is 8.84. The molecule has 0 unspecified atom stereocenters. The number of H-pyrrole nitrogens is 1. The zero-order chi connectivity index (χ0) is 11.0. The minimum Gasteiger partial charge on any atom is -0.307 e. The van der Waals surface area contributed by atoms with Gasteiger partial charge in [0.25, 0.3) is 0 Å². The molecule has 2 aromatic heterocycles. The van der Waals surface area contributed by atoms with Gasteiger partial charge in [0.05, 0.1) is 5.52 Å². The Morgan fingerprint density at radius 1 is 1.06 bits per heavy atom. The number of fused-ring (bicyclic) bond motifs is 1. The summed E-state index contributed by atoms with van der Waals surface area (Å²) in [6, 6.07) is 12.5. The molecule has 3 aromatic rings. The van der Waals surface area contributed by atoms with E-state index < -0.39 is 0 Å². The van der Waals surface area contributed by atoms with E-state index in [-0.39, 0.29) is 5.56 Å². The Morgan fingerprint density at radius 2 is 1.94 bits per heavy atom. The first-order valence-electron chi connectivity index (χ1n) is 4.85. The molecular weight excluding hydrogens is 204 g/mol. The van der Waals surface area contributed by atoms with Gasteiger partial charge in [-0.3, -0.25) is 4.79 Å². The van der Waals surface area contributed by atoms with Gasteiger partial charge in [0, 0.05) is 6.07 Å². The SMILES string of the molecule is O=c1cccc(-n2nnc3ccccc32)[nH]1. The van der Waals surface area contributed by atoms with E-state index in [9.17, 15) is 4.79 Å². The van der Waals surface area contributed by atoms with Crippen LogP contribution in [0, 0.1) is 0 Å². The van der Waals surface area contributed by atoms with Gasteiger partial charge in [-0.2, -0.15) is 4.68 Å². The molecule has 0 radical (unpaired) electrons. The predicted octanol–water partition coefficient (Wildman–Crippen LogP) is 1.11. The molecule has 0 amide bonds. The molecule has 0 saturated heterocycles. The van der Waals surface area contributed by atoms with Crippen molar-refractivity contribution >= 4 is 11.0 Å². The maximum atomic E-state index is 11.2. The van der Waals surface area contributed by atoms with Crippen LogP contribution in [0.2, 0.25) is 0 Å². The Kier molecular flexibility index (Phi) is 1.83. The number of pyridine rings is 1.